The molecule has 0 bridgehead atoms. The Morgan fingerprint density at radius 2 is 2.05 bits per heavy atom. The van der Waals surface area contributed by atoms with Gasteiger partial charge in [-0.1, -0.05) is 34.1 Å². The summed E-state index contributed by atoms with van der Waals surface area (Å²) in [5.74, 6) is 2.62. The van der Waals surface area contributed by atoms with Gasteiger partial charge in [0.25, 0.3) is 0 Å². The van der Waals surface area contributed by atoms with Gasteiger partial charge in [0.2, 0.25) is 5.91 Å². The van der Waals surface area contributed by atoms with Crippen LogP contribution in [0.5, 0.6) is 0 Å². The first-order chi connectivity index (χ1) is 8.99. The van der Waals surface area contributed by atoms with Gasteiger partial charge in [-0.3, -0.25) is 10.1 Å². The average molecular weight is 286 g/mol. The van der Waals surface area contributed by atoms with E-state index in [1.165, 1.54) is 0 Å². The zero-order chi connectivity index (χ0) is 14.4. The van der Waals surface area contributed by atoms with Crippen molar-refractivity contribution in [1.29, 1.82) is 0 Å². The topological polar surface area (TPSA) is 32.3 Å². The van der Waals surface area contributed by atoms with E-state index in [1.807, 2.05) is 11.8 Å². The Bertz CT molecular complexity index is 283. The van der Waals surface area contributed by atoms with E-state index in [0.29, 0.717) is 17.7 Å². The maximum atomic E-state index is 12.5. The van der Waals surface area contributed by atoms with Crippen molar-refractivity contribution < 1.29 is 4.79 Å². The molecule has 0 saturated carbocycles. The lowest BCUT2D eigenvalue weighted by Gasteiger charge is -2.28. The molecular weight excluding hydrogens is 256 g/mol. The van der Waals surface area contributed by atoms with Gasteiger partial charge in [-0.2, -0.15) is 11.8 Å². The van der Waals surface area contributed by atoms with Crippen LogP contribution in [0.2, 0.25) is 0 Å². The molecule has 3 atom stereocenters. The first-order valence-electron chi connectivity index (χ1n) is 7.55. The van der Waals surface area contributed by atoms with Crippen molar-refractivity contribution in [2.75, 3.05) is 18.6 Å². The molecule has 3 nitrogen and oxygen atoms in total. The predicted octanol–water partition coefficient (Wildman–Crippen LogP) is 2.96. The Balaban J connectivity index is 2.67. The van der Waals surface area contributed by atoms with Gasteiger partial charge < -0.3 is 4.90 Å². The summed E-state index contributed by atoms with van der Waals surface area (Å²) in [6.45, 7) is 9.73. The monoisotopic (exact) mass is 286 g/mol. The standard InChI is InChI=1S/C15H30N2OS/c1-6-7-13-15(18)17(9-12(4)10-19-5)14(16-13)8-11(2)3/h11-14,16H,6-10H2,1-5H3. The molecule has 112 valence electrons. The van der Waals surface area contributed by atoms with Gasteiger partial charge in [-0.15, -0.1) is 0 Å². The minimum Gasteiger partial charge on any atom is -0.325 e. The summed E-state index contributed by atoms with van der Waals surface area (Å²) in [4.78, 5) is 14.6. The minimum atomic E-state index is 0.0511. The van der Waals surface area contributed by atoms with E-state index < -0.39 is 0 Å². The van der Waals surface area contributed by atoms with Crippen molar-refractivity contribution in [3.63, 3.8) is 0 Å². The zero-order valence-corrected chi connectivity index (χ0v) is 13.9. The molecular formula is C15H30N2OS. The van der Waals surface area contributed by atoms with Crippen LogP contribution in [0.25, 0.3) is 0 Å². The van der Waals surface area contributed by atoms with Gasteiger partial charge in [0, 0.05) is 6.54 Å². The highest BCUT2D eigenvalue weighted by molar-refractivity contribution is 7.98. The Hall–Kier alpha value is -0.220. The summed E-state index contributed by atoms with van der Waals surface area (Å²) in [7, 11) is 0. The van der Waals surface area contributed by atoms with Crippen molar-refractivity contribution in [3.8, 4) is 0 Å². The fraction of sp³-hybridized carbons (Fsp3) is 0.933. The van der Waals surface area contributed by atoms with Crippen LogP contribution in [0.15, 0.2) is 0 Å². The normalized spacial score (nSPS) is 25.4. The van der Waals surface area contributed by atoms with Gasteiger partial charge in [0.05, 0.1) is 12.2 Å². The molecule has 1 saturated heterocycles. The highest BCUT2D eigenvalue weighted by atomic mass is 32.2. The highest BCUT2D eigenvalue weighted by Crippen LogP contribution is 2.22. The summed E-state index contributed by atoms with van der Waals surface area (Å²) >= 11 is 1.86. The summed E-state index contributed by atoms with van der Waals surface area (Å²) in [6, 6.07) is 0.0511. The first-order valence-corrected chi connectivity index (χ1v) is 8.94. The third-order valence-electron chi connectivity index (χ3n) is 3.58. The Morgan fingerprint density at radius 3 is 2.58 bits per heavy atom. The summed E-state index contributed by atoms with van der Waals surface area (Å²) in [5.41, 5.74) is 0. The zero-order valence-electron chi connectivity index (χ0n) is 13.1. The molecule has 0 spiro atoms. The molecule has 1 amide bonds. The van der Waals surface area contributed by atoms with E-state index in [1.54, 1.807) is 0 Å². The Kier molecular flexibility index (Phi) is 7.22. The van der Waals surface area contributed by atoms with Gasteiger partial charge in [-0.05, 0) is 36.7 Å². The lowest BCUT2D eigenvalue weighted by Crippen LogP contribution is -2.41. The van der Waals surface area contributed by atoms with Gasteiger partial charge in [0.1, 0.15) is 0 Å². The van der Waals surface area contributed by atoms with E-state index in [-0.39, 0.29) is 12.2 Å². The van der Waals surface area contributed by atoms with Crippen LogP contribution in [0.4, 0.5) is 0 Å². The van der Waals surface area contributed by atoms with E-state index >= 15 is 0 Å². The fourth-order valence-corrected chi connectivity index (χ4v) is 3.45. The third-order valence-corrected chi connectivity index (χ3v) is 4.48. The number of nitrogens with one attached hydrogen (secondary N) is 1. The maximum absolute atomic E-state index is 12.5. The molecule has 1 heterocycles. The van der Waals surface area contributed by atoms with Crippen LogP contribution in [-0.2, 0) is 4.79 Å². The molecule has 0 aliphatic carbocycles. The lowest BCUT2D eigenvalue weighted by atomic mass is 10.1. The second kappa shape index (κ2) is 8.15. The average Bonchev–Trinajstić information content (AvgIpc) is 2.58. The van der Waals surface area contributed by atoms with Crippen molar-refractivity contribution in [2.45, 2.75) is 59.2 Å². The summed E-state index contributed by atoms with van der Waals surface area (Å²) < 4.78 is 0. The predicted molar refractivity (Wildman–Crippen MR) is 84.3 cm³/mol. The quantitative estimate of drug-likeness (QED) is 0.744. The molecule has 4 heteroatoms. The molecule has 1 aliphatic rings. The van der Waals surface area contributed by atoms with Crippen LogP contribution < -0.4 is 5.32 Å². The van der Waals surface area contributed by atoms with Crippen LogP contribution >= 0.6 is 11.8 Å². The first kappa shape index (κ1) is 16.8. The van der Waals surface area contributed by atoms with Gasteiger partial charge >= 0.3 is 0 Å². The van der Waals surface area contributed by atoms with Crippen LogP contribution in [0.1, 0.15) is 47.0 Å². The van der Waals surface area contributed by atoms with Crippen LogP contribution in [-0.4, -0.2) is 41.6 Å². The number of hydrogen-bond donors (Lipinski definition) is 1. The van der Waals surface area contributed by atoms with Crippen molar-refractivity contribution in [1.82, 2.24) is 10.2 Å². The fourth-order valence-electron chi connectivity index (χ4n) is 2.77. The number of amides is 1. The van der Waals surface area contributed by atoms with Gasteiger partial charge in [0.15, 0.2) is 0 Å². The Morgan fingerprint density at radius 1 is 1.37 bits per heavy atom. The van der Waals surface area contributed by atoms with Crippen LogP contribution in [0.3, 0.4) is 0 Å². The molecule has 1 rings (SSSR count). The van der Waals surface area contributed by atoms with E-state index in [4.69, 9.17) is 0 Å². The lowest BCUT2D eigenvalue weighted by molar-refractivity contribution is -0.130. The Labute approximate surface area is 122 Å². The molecule has 0 aromatic heterocycles. The molecule has 1 fully saturated rings. The number of thioether (sulfide) groups is 1. The number of carbonyl (C=O) groups is 1. The van der Waals surface area contributed by atoms with E-state index in [0.717, 1.165) is 31.6 Å². The number of nitrogens with zero attached hydrogens (tertiary/aromatic N) is 1. The highest BCUT2D eigenvalue weighted by Gasteiger charge is 2.38. The van der Waals surface area contributed by atoms with Crippen molar-refractivity contribution >= 4 is 17.7 Å². The molecule has 0 aromatic rings. The third kappa shape index (κ3) is 4.99. The summed E-state index contributed by atoms with van der Waals surface area (Å²) in [6.07, 6.45) is 5.45. The van der Waals surface area contributed by atoms with E-state index in [2.05, 4.69) is 44.2 Å². The largest absolute Gasteiger partial charge is 0.325 e. The van der Waals surface area contributed by atoms with Crippen molar-refractivity contribution in [3.05, 3.63) is 0 Å². The molecule has 19 heavy (non-hydrogen) atoms. The van der Waals surface area contributed by atoms with Crippen LogP contribution in [0, 0.1) is 11.8 Å². The van der Waals surface area contributed by atoms with Gasteiger partial charge in [-0.25, -0.2) is 0 Å². The maximum Gasteiger partial charge on any atom is 0.241 e. The number of carbonyl (C=O) groups excluding carboxylic acids is 1. The molecule has 1 N–H and O–H groups in total. The molecule has 1 aliphatic heterocycles. The minimum absolute atomic E-state index is 0.0511. The second-order valence-electron chi connectivity index (χ2n) is 6.20. The van der Waals surface area contributed by atoms with Crippen molar-refractivity contribution in [2.24, 2.45) is 11.8 Å². The number of hydrogen-bond acceptors (Lipinski definition) is 3. The molecule has 0 radical (unpaired) electrons. The molecule has 3 unspecified atom stereocenters. The van der Waals surface area contributed by atoms with E-state index in [9.17, 15) is 4.79 Å². The summed E-state index contributed by atoms with van der Waals surface area (Å²) in [5, 5.41) is 3.54. The SMILES string of the molecule is CCCC1NC(CC(C)C)N(CC(C)CSC)C1=O. The number of rotatable bonds is 8. The second-order valence-corrected chi connectivity index (χ2v) is 7.12. The smallest absolute Gasteiger partial charge is 0.241 e. The molecule has 0 aromatic carbocycles.